The first kappa shape index (κ1) is 26.0. The number of primary sulfonamides is 1. The number of carbonyl (C=O) groups is 1. The van der Waals surface area contributed by atoms with Crippen LogP contribution in [0.3, 0.4) is 0 Å². The number of ether oxygens (including phenoxy) is 1. The minimum atomic E-state index is -4.62. The molecule has 9 nitrogen and oxygen atoms in total. The van der Waals surface area contributed by atoms with E-state index >= 15 is 0 Å². The maximum absolute atomic E-state index is 12.8. The number of hydrogen-bond donors (Lipinski definition) is 3. The first-order valence-electron chi connectivity index (χ1n) is 9.60. The van der Waals surface area contributed by atoms with Crippen LogP contribution in [0.2, 0.25) is 0 Å². The fourth-order valence-corrected chi connectivity index (χ4v) is 4.33. The quantitative estimate of drug-likeness (QED) is 0.409. The number of hydrogen-bond acceptors (Lipinski definition) is 6. The highest BCUT2D eigenvalue weighted by Gasteiger charge is 2.30. The molecule has 0 saturated carbocycles. The lowest BCUT2D eigenvalue weighted by molar-refractivity contribution is -0.137. The van der Waals surface area contributed by atoms with Crippen LogP contribution in [0, 0.1) is 0 Å². The molecule has 0 fully saturated rings. The molecule has 0 aliphatic heterocycles. The lowest BCUT2D eigenvalue weighted by atomic mass is 10.2. The van der Waals surface area contributed by atoms with Crippen LogP contribution in [0.5, 0.6) is 5.75 Å². The van der Waals surface area contributed by atoms with E-state index in [1.54, 1.807) is 0 Å². The molecule has 0 bridgehead atoms. The van der Waals surface area contributed by atoms with E-state index in [4.69, 9.17) is 9.88 Å². The van der Waals surface area contributed by atoms with E-state index in [1.165, 1.54) is 42.5 Å². The predicted octanol–water partition coefficient (Wildman–Crippen LogP) is 3.17. The van der Waals surface area contributed by atoms with Gasteiger partial charge in [-0.1, -0.05) is 6.07 Å². The van der Waals surface area contributed by atoms with Gasteiger partial charge in [0.2, 0.25) is 10.0 Å². The Labute approximate surface area is 198 Å². The molecular formula is C21H18F3N3O6S2. The van der Waals surface area contributed by atoms with Crippen molar-refractivity contribution in [2.45, 2.75) is 16.0 Å². The minimum Gasteiger partial charge on any atom is -0.484 e. The zero-order chi connectivity index (χ0) is 25.9. The lowest BCUT2D eigenvalue weighted by Crippen LogP contribution is -2.20. The average Bonchev–Trinajstić information content (AvgIpc) is 2.77. The number of rotatable bonds is 8. The number of benzene rings is 3. The Morgan fingerprint density at radius 1 is 0.857 bits per heavy atom. The highest BCUT2D eigenvalue weighted by molar-refractivity contribution is 7.92. The Balaban J connectivity index is 1.59. The molecule has 0 heterocycles. The van der Waals surface area contributed by atoms with Crippen molar-refractivity contribution in [2.75, 3.05) is 16.6 Å². The maximum atomic E-state index is 12.8. The summed E-state index contributed by atoms with van der Waals surface area (Å²) in [6.07, 6.45) is -4.62. The number of amides is 1. The summed E-state index contributed by atoms with van der Waals surface area (Å²) in [5, 5.41) is 7.48. The van der Waals surface area contributed by atoms with E-state index in [0.717, 1.165) is 24.3 Å². The van der Waals surface area contributed by atoms with E-state index < -0.39 is 44.3 Å². The average molecular weight is 530 g/mol. The summed E-state index contributed by atoms with van der Waals surface area (Å²) in [6, 6.07) is 13.8. The van der Waals surface area contributed by atoms with Crippen LogP contribution in [0.25, 0.3) is 0 Å². The molecule has 35 heavy (non-hydrogen) atoms. The number of anilines is 2. The van der Waals surface area contributed by atoms with Crippen molar-refractivity contribution in [3.8, 4) is 5.75 Å². The number of carbonyl (C=O) groups excluding carboxylic acids is 1. The molecule has 0 spiro atoms. The molecule has 0 atom stereocenters. The fourth-order valence-electron chi connectivity index (χ4n) is 2.76. The molecule has 0 unspecified atom stereocenters. The van der Waals surface area contributed by atoms with Gasteiger partial charge in [-0.3, -0.25) is 9.52 Å². The number of halogens is 3. The molecule has 0 aliphatic carbocycles. The van der Waals surface area contributed by atoms with Crippen molar-refractivity contribution in [1.29, 1.82) is 0 Å². The molecule has 3 aromatic carbocycles. The monoisotopic (exact) mass is 529 g/mol. The third-order valence-corrected chi connectivity index (χ3v) is 6.74. The SMILES string of the molecule is NS(=O)(=O)c1ccc(NC(=O)COc2ccc(S(=O)(=O)Nc3cccc(C(F)(F)F)c3)cc2)cc1. The zero-order valence-electron chi connectivity index (χ0n) is 17.6. The minimum absolute atomic E-state index is 0.121. The highest BCUT2D eigenvalue weighted by Crippen LogP contribution is 2.31. The van der Waals surface area contributed by atoms with Gasteiger partial charge in [-0.25, -0.2) is 22.0 Å². The van der Waals surface area contributed by atoms with Gasteiger partial charge < -0.3 is 10.1 Å². The molecule has 3 rings (SSSR count). The van der Waals surface area contributed by atoms with Crippen LogP contribution in [0.1, 0.15) is 5.56 Å². The van der Waals surface area contributed by atoms with Gasteiger partial charge in [-0.2, -0.15) is 13.2 Å². The van der Waals surface area contributed by atoms with Gasteiger partial charge in [0.05, 0.1) is 15.4 Å². The Morgan fingerprint density at radius 2 is 1.46 bits per heavy atom. The van der Waals surface area contributed by atoms with Crippen LogP contribution >= 0.6 is 0 Å². The normalized spacial score (nSPS) is 12.1. The lowest BCUT2D eigenvalue weighted by Gasteiger charge is -2.12. The van der Waals surface area contributed by atoms with E-state index in [9.17, 15) is 34.8 Å². The number of nitrogens with one attached hydrogen (secondary N) is 2. The third kappa shape index (κ3) is 7.18. The topological polar surface area (TPSA) is 145 Å². The highest BCUT2D eigenvalue weighted by atomic mass is 32.2. The van der Waals surface area contributed by atoms with Crippen molar-refractivity contribution in [1.82, 2.24) is 0 Å². The van der Waals surface area contributed by atoms with Crippen molar-refractivity contribution >= 4 is 37.3 Å². The summed E-state index contributed by atoms with van der Waals surface area (Å²) < 4.78 is 93.3. The van der Waals surface area contributed by atoms with E-state index in [-0.39, 0.29) is 21.2 Å². The molecule has 1 amide bonds. The summed E-state index contributed by atoms with van der Waals surface area (Å²) in [5.74, 6) is -0.418. The summed E-state index contributed by atoms with van der Waals surface area (Å²) in [5.41, 5.74) is -0.956. The molecule has 0 saturated heterocycles. The van der Waals surface area contributed by atoms with Crippen LogP contribution in [0.15, 0.2) is 82.6 Å². The van der Waals surface area contributed by atoms with Gasteiger partial charge >= 0.3 is 6.18 Å². The summed E-state index contributed by atoms with van der Waals surface area (Å²) in [6.45, 7) is -0.439. The third-order valence-electron chi connectivity index (χ3n) is 4.41. The molecule has 14 heteroatoms. The van der Waals surface area contributed by atoms with Crippen molar-refractivity contribution in [2.24, 2.45) is 5.14 Å². The Morgan fingerprint density at radius 3 is 2.03 bits per heavy atom. The van der Waals surface area contributed by atoms with Gasteiger partial charge in [0.25, 0.3) is 15.9 Å². The zero-order valence-corrected chi connectivity index (χ0v) is 19.2. The van der Waals surface area contributed by atoms with Crippen molar-refractivity contribution in [3.63, 3.8) is 0 Å². The second-order valence-corrected chi connectivity index (χ2v) is 10.3. The first-order chi connectivity index (χ1) is 16.2. The van der Waals surface area contributed by atoms with Gasteiger partial charge in [-0.05, 0) is 66.7 Å². The Hall–Kier alpha value is -3.62. The molecule has 0 aromatic heterocycles. The smallest absolute Gasteiger partial charge is 0.416 e. The predicted molar refractivity (Wildman–Crippen MR) is 121 cm³/mol. The van der Waals surface area contributed by atoms with Crippen LogP contribution < -0.4 is 19.9 Å². The summed E-state index contributed by atoms with van der Waals surface area (Å²) in [4.78, 5) is 11.7. The first-order valence-corrected chi connectivity index (χ1v) is 12.6. The van der Waals surface area contributed by atoms with Crippen LogP contribution in [0.4, 0.5) is 24.5 Å². The maximum Gasteiger partial charge on any atom is 0.416 e. The van der Waals surface area contributed by atoms with Crippen LogP contribution in [-0.2, 0) is 31.0 Å². The van der Waals surface area contributed by atoms with Gasteiger partial charge in [0.1, 0.15) is 5.75 Å². The Kier molecular flexibility index (Phi) is 7.38. The van der Waals surface area contributed by atoms with Gasteiger partial charge in [0.15, 0.2) is 6.61 Å². The molecule has 3 aromatic rings. The number of nitrogens with two attached hydrogens (primary N) is 1. The van der Waals surface area contributed by atoms with E-state index in [1.807, 2.05) is 0 Å². The summed E-state index contributed by atoms with van der Waals surface area (Å²) >= 11 is 0. The largest absolute Gasteiger partial charge is 0.484 e. The second kappa shape index (κ2) is 9.93. The van der Waals surface area contributed by atoms with Crippen molar-refractivity contribution in [3.05, 3.63) is 78.4 Å². The van der Waals surface area contributed by atoms with E-state index in [0.29, 0.717) is 11.8 Å². The molecule has 0 radical (unpaired) electrons. The van der Waals surface area contributed by atoms with Crippen molar-refractivity contribution < 1.29 is 39.5 Å². The summed E-state index contributed by atoms with van der Waals surface area (Å²) in [7, 11) is -8.05. The molecule has 4 N–H and O–H groups in total. The number of sulfonamides is 2. The van der Waals surface area contributed by atoms with E-state index in [2.05, 4.69) is 10.0 Å². The number of alkyl halides is 3. The Bertz CT molecular complexity index is 1420. The van der Waals surface area contributed by atoms with Gasteiger partial charge in [0, 0.05) is 11.4 Å². The molecule has 186 valence electrons. The fraction of sp³-hybridized carbons (Fsp3) is 0.0952. The second-order valence-electron chi connectivity index (χ2n) is 7.06. The van der Waals surface area contributed by atoms with Crippen LogP contribution in [-0.4, -0.2) is 29.3 Å². The molecule has 0 aliphatic rings. The standard InChI is InChI=1S/C21H18F3N3O6S2/c22-21(23,24)14-2-1-3-16(12-14)27-35(31,32)19-10-6-17(7-11-19)33-13-20(28)26-15-4-8-18(9-5-15)34(25,29)30/h1-12,27H,13H2,(H,26,28)(H2,25,29,30). The van der Waals surface area contributed by atoms with Gasteiger partial charge in [-0.15, -0.1) is 0 Å². The molecular weight excluding hydrogens is 511 g/mol.